The smallest absolute Gasteiger partial charge is 0.181 e. The maximum Gasteiger partial charge on any atom is 0.181 e. The van der Waals surface area contributed by atoms with Crippen LogP contribution in [0.25, 0.3) is 22.8 Å². The van der Waals surface area contributed by atoms with Crippen molar-refractivity contribution in [3.63, 3.8) is 0 Å². The Hall–Kier alpha value is -2.89. The number of halogens is 1. The van der Waals surface area contributed by atoms with Crippen molar-refractivity contribution >= 4 is 0 Å². The number of aromatic nitrogens is 3. The molecular weight excluding hydrogens is 285 g/mol. The van der Waals surface area contributed by atoms with Gasteiger partial charge in [-0.05, 0) is 49.4 Å². The summed E-state index contributed by atoms with van der Waals surface area (Å²) in [6, 6.07) is 10.9. The number of phenolic OH excluding ortho intramolecular Hbond substituents is 1. The van der Waals surface area contributed by atoms with E-state index in [1.54, 1.807) is 24.3 Å². The largest absolute Gasteiger partial charge is 0.504 e. The molecule has 112 valence electrons. The quantitative estimate of drug-likeness (QED) is 0.774. The second-order valence-electron chi connectivity index (χ2n) is 4.63. The van der Waals surface area contributed by atoms with Crippen molar-refractivity contribution in [1.82, 2.24) is 15.2 Å². The Bertz CT molecular complexity index is 784. The third-order valence-electron chi connectivity index (χ3n) is 3.12. The Labute approximate surface area is 126 Å². The number of benzene rings is 2. The second-order valence-corrected chi connectivity index (χ2v) is 4.63. The molecule has 0 aliphatic rings. The number of nitrogens with zero attached hydrogens (tertiary/aromatic N) is 2. The molecule has 0 amide bonds. The summed E-state index contributed by atoms with van der Waals surface area (Å²) in [4.78, 5) is 4.39. The van der Waals surface area contributed by atoms with Crippen LogP contribution in [0.5, 0.6) is 11.5 Å². The highest BCUT2D eigenvalue weighted by atomic mass is 19.1. The van der Waals surface area contributed by atoms with Gasteiger partial charge in [0.15, 0.2) is 23.1 Å². The number of ether oxygens (including phenoxy) is 1. The lowest BCUT2D eigenvalue weighted by atomic mass is 10.2. The van der Waals surface area contributed by atoms with Gasteiger partial charge in [-0.25, -0.2) is 9.37 Å². The van der Waals surface area contributed by atoms with E-state index in [1.807, 2.05) is 6.92 Å². The van der Waals surface area contributed by atoms with Gasteiger partial charge in [-0.1, -0.05) is 0 Å². The zero-order chi connectivity index (χ0) is 15.5. The third-order valence-corrected chi connectivity index (χ3v) is 3.12. The molecule has 5 nitrogen and oxygen atoms in total. The fourth-order valence-corrected chi connectivity index (χ4v) is 2.05. The van der Waals surface area contributed by atoms with Gasteiger partial charge in [-0.15, -0.1) is 0 Å². The molecule has 3 aromatic rings. The molecule has 1 aromatic heterocycles. The van der Waals surface area contributed by atoms with Crippen LogP contribution >= 0.6 is 0 Å². The van der Waals surface area contributed by atoms with E-state index in [1.165, 1.54) is 18.2 Å². The van der Waals surface area contributed by atoms with Crippen LogP contribution in [-0.2, 0) is 0 Å². The Kier molecular flexibility index (Phi) is 3.74. The van der Waals surface area contributed by atoms with Crippen LogP contribution in [0, 0.1) is 5.82 Å². The summed E-state index contributed by atoms with van der Waals surface area (Å²) in [5.41, 5.74) is 1.45. The van der Waals surface area contributed by atoms with E-state index in [2.05, 4.69) is 15.2 Å². The molecule has 2 N–H and O–H groups in total. The first-order valence-electron chi connectivity index (χ1n) is 6.82. The van der Waals surface area contributed by atoms with Crippen molar-refractivity contribution in [1.29, 1.82) is 0 Å². The number of rotatable bonds is 4. The molecule has 0 saturated heterocycles. The van der Waals surface area contributed by atoms with Gasteiger partial charge in [0.25, 0.3) is 0 Å². The van der Waals surface area contributed by atoms with E-state index in [4.69, 9.17) is 4.74 Å². The molecule has 6 heteroatoms. The van der Waals surface area contributed by atoms with Crippen molar-refractivity contribution in [2.24, 2.45) is 0 Å². The summed E-state index contributed by atoms with van der Waals surface area (Å²) in [6.45, 7) is 2.29. The van der Waals surface area contributed by atoms with Crippen molar-refractivity contribution in [2.45, 2.75) is 6.92 Å². The Morgan fingerprint density at radius 2 is 1.86 bits per heavy atom. The number of nitrogens with one attached hydrogen (secondary N) is 1. The maximum atomic E-state index is 12.9. The van der Waals surface area contributed by atoms with Crippen LogP contribution in [0.15, 0.2) is 42.5 Å². The van der Waals surface area contributed by atoms with Gasteiger partial charge in [0.1, 0.15) is 5.82 Å². The lowest BCUT2D eigenvalue weighted by molar-refractivity contribution is 0.318. The Morgan fingerprint density at radius 3 is 2.59 bits per heavy atom. The highest BCUT2D eigenvalue weighted by Gasteiger charge is 2.11. The normalized spacial score (nSPS) is 10.6. The summed E-state index contributed by atoms with van der Waals surface area (Å²) >= 11 is 0. The van der Waals surface area contributed by atoms with E-state index in [9.17, 15) is 9.50 Å². The highest BCUT2D eigenvalue weighted by Crippen LogP contribution is 2.31. The average molecular weight is 299 g/mol. The topological polar surface area (TPSA) is 71.0 Å². The van der Waals surface area contributed by atoms with E-state index >= 15 is 0 Å². The molecule has 0 unspecified atom stereocenters. The molecule has 0 spiro atoms. The minimum absolute atomic E-state index is 0.0693. The van der Waals surface area contributed by atoms with E-state index < -0.39 is 0 Å². The fraction of sp³-hybridized carbons (Fsp3) is 0.125. The molecule has 3 rings (SSSR count). The monoisotopic (exact) mass is 299 g/mol. The SMILES string of the molecule is CCOc1cc(-c2n[nH]c(-c3ccc(F)cc3)n2)ccc1O. The first-order valence-corrected chi connectivity index (χ1v) is 6.82. The number of hydrogen-bond donors (Lipinski definition) is 2. The predicted molar refractivity (Wildman–Crippen MR) is 80.0 cm³/mol. The molecular formula is C16H14FN3O2. The van der Waals surface area contributed by atoms with Crippen LogP contribution in [0.2, 0.25) is 0 Å². The van der Waals surface area contributed by atoms with Crippen LogP contribution in [0.1, 0.15) is 6.92 Å². The van der Waals surface area contributed by atoms with E-state index in [0.717, 1.165) is 5.56 Å². The zero-order valence-corrected chi connectivity index (χ0v) is 11.9. The molecule has 1 heterocycles. The van der Waals surface area contributed by atoms with Gasteiger partial charge in [0, 0.05) is 11.1 Å². The van der Waals surface area contributed by atoms with E-state index in [0.29, 0.717) is 29.6 Å². The van der Waals surface area contributed by atoms with Crippen LogP contribution in [0.3, 0.4) is 0 Å². The molecule has 0 fully saturated rings. The molecule has 2 aromatic carbocycles. The van der Waals surface area contributed by atoms with Gasteiger partial charge in [0.2, 0.25) is 0 Å². The molecule has 22 heavy (non-hydrogen) atoms. The first-order chi connectivity index (χ1) is 10.7. The highest BCUT2D eigenvalue weighted by molar-refractivity contribution is 5.64. The van der Waals surface area contributed by atoms with Crippen molar-refractivity contribution < 1.29 is 14.2 Å². The summed E-state index contributed by atoms with van der Waals surface area (Å²) in [7, 11) is 0. The number of aromatic amines is 1. The molecule has 0 aliphatic carbocycles. The Morgan fingerprint density at radius 1 is 1.14 bits per heavy atom. The Balaban J connectivity index is 1.93. The summed E-state index contributed by atoms with van der Waals surface area (Å²) < 4.78 is 18.3. The molecule has 0 aliphatic heterocycles. The lowest BCUT2D eigenvalue weighted by Crippen LogP contribution is -1.92. The summed E-state index contributed by atoms with van der Waals surface area (Å²) in [6.07, 6.45) is 0. The molecule has 0 bridgehead atoms. The average Bonchev–Trinajstić information content (AvgIpc) is 3.00. The zero-order valence-electron chi connectivity index (χ0n) is 11.9. The number of hydrogen-bond acceptors (Lipinski definition) is 4. The standard InChI is InChI=1S/C16H14FN3O2/c1-2-22-14-9-11(5-8-13(14)21)16-18-15(19-20-16)10-3-6-12(17)7-4-10/h3-9,21H,2H2,1H3,(H,18,19,20). The van der Waals surface area contributed by atoms with Crippen molar-refractivity contribution in [2.75, 3.05) is 6.61 Å². The van der Waals surface area contributed by atoms with Gasteiger partial charge in [-0.2, -0.15) is 5.10 Å². The van der Waals surface area contributed by atoms with Gasteiger partial charge < -0.3 is 9.84 Å². The third kappa shape index (κ3) is 2.76. The van der Waals surface area contributed by atoms with Crippen molar-refractivity contribution in [3.8, 4) is 34.3 Å². The summed E-state index contributed by atoms with van der Waals surface area (Å²) in [5.74, 6) is 1.16. The van der Waals surface area contributed by atoms with Gasteiger partial charge >= 0.3 is 0 Å². The van der Waals surface area contributed by atoms with Crippen molar-refractivity contribution in [3.05, 3.63) is 48.3 Å². The predicted octanol–water partition coefficient (Wildman–Crippen LogP) is 3.38. The minimum Gasteiger partial charge on any atom is -0.504 e. The molecule has 0 saturated carbocycles. The molecule has 0 atom stereocenters. The van der Waals surface area contributed by atoms with Gasteiger partial charge in [0.05, 0.1) is 6.61 Å². The number of H-pyrrole nitrogens is 1. The maximum absolute atomic E-state index is 12.9. The second kappa shape index (κ2) is 5.85. The summed E-state index contributed by atoms with van der Waals surface area (Å²) in [5, 5.41) is 16.7. The molecule has 0 radical (unpaired) electrons. The minimum atomic E-state index is -0.302. The van der Waals surface area contributed by atoms with E-state index in [-0.39, 0.29) is 11.6 Å². The van der Waals surface area contributed by atoms with Gasteiger partial charge in [-0.3, -0.25) is 5.10 Å². The fourth-order valence-electron chi connectivity index (χ4n) is 2.05. The van der Waals surface area contributed by atoms with Crippen LogP contribution in [-0.4, -0.2) is 26.9 Å². The number of phenols is 1. The van der Waals surface area contributed by atoms with Crippen LogP contribution in [0.4, 0.5) is 4.39 Å². The van der Waals surface area contributed by atoms with Crippen LogP contribution < -0.4 is 4.74 Å². The lowest BCUT2D eigenvalue weighted by Gasteiger charge is -2.06. The first kappa shape index (κ1) is 14.1. The number of aromatic hydroxyl groups is 1.